The number of piperidine rings is 1. The summed E-state index contributed by atoms with van der Waals surface area (Å²) >= 11 is 0. The summed E-state index contributed by atoms with van der Waals surface area (Å²) < 4.78 is 72.5. The first-order valence-electron chi connectivity index (χ1n) is 8.02. The number of nitrogens with one attached hydrogen (secondary N) is 2. The number of rotatable bonds is 4. The Kier molecular flexibility index (Phi) is 5.31. The zero-order valence-electron chi connectivity index (χ0n) is 13.9. The third kappa shape index (κ3) is 4.54. The summed E-state index contributed by atoms with van der Waals surface area (Å²) in [6, 6.07) is 3.17. The number of benzene rings is 1. The van der Waals surface area contributed by atoms with Gasteiger partial charge in [0.05, 0.1) is 11.8 Å². The molecule has 4 N–H and O–H groups in total. The quantitative estimate of drug-likeness (QED) is 0.697. The van der Waals surface area contributed by atoms with Crippen molar-refractivity contribution in [2.45, 2.75) is 24.9 Å². The lowest BCUT2D eigenvalue weighted by molar-refractivity contribution is -0.139. The lowest BCUT2D eigenvalue weighted by Gasteiger charge is -2.28. The van der Waals surface area contributed by atoms with Crippen LogP contribution in [0.15, 0.2) is 24.4 Å². The van der Waals surface area contributed by atoms with Crippen LogP contribution >= 0.6 is 0 Å². The minimum atomic E-state index is -4.73. The van der Waals surface area contributed by atoms with Gasteiger partial charge in [0.15, 0.2) is 11.6 Å². The van der Waals surface area contributed by atoms with Gasteiger partial charge in [-0.05, 0) is 31.2 Å². The highest BCUT2D eigenvalue weighted by Gasteiger charge is 2.36. The molecule has 0 spiro atoms. The summed E-state index contributed by atoms with van der Waals surface area (Å²) in [5.41, 5.74) is 4.22. The van der Waals surface area contributed by atoms with Crippen LogP contribution in [0.3, 0.4) is 0 Å². The minimum Gasteiger partial charge on any atom is -0.487 e. The van der Waals surface area contributed by atoms with E-state index in [2.05, 4.69) is 20.6 Å². The summed E-state index contributed by atoms with van der Waals surface area (Å²) in [5.74, 6) is -1.92. The second kappa shape index (κ2) is 7.51. The van der Waals surface area contributed by atoms with Crippen molar-refractivity contribution in [3.8, 4) is 5.75 Å². The summed E-state index contributed by atoms with van der Waals surface area (Å²) in [4.78, 5) is 7.20. The zero-order chi connectivity index (χ0) is 19.6. The Balaban J connectivity index is 1.86. The molecule has 1 aliphatic rings. The van der Waals surface area contributed by atoms with E-state index in [1.54, 1.807) is 0 Å². The molecule has 0 saturated carbocycles. The van der Waals surface area contributed by atoms with Crippen molar-refractivity contribution >= 4 is 17.5 Å². The number of hydrogen-bond donors (Lipinski definition) is 3. The van der Waals surface area contributed by atoms with Gasteiger partial charge in [-0.2, -0.15) is 18.2 Å². The van der Waals surface area contributed by atoms with E-state index in [-0.39, 0.29) is 24.6 Å². The molecule has 0 amide bonds. The average Bonchev–Trinajstić information content (AvgIpc) is 2.60. The Labute approximate surface area is 150 Å². The van der Waals surface area contributed by atoms with Crippen LogP contribution in [0.2, 0.25) is 0 Å². The van der Waals surface area contributed by atoms with Crippen LogP contribution in [0.4, 0.5) is 39.4 Å². The fourth-order valence-corrected chi connectivity index (χ4v) is 2.59. The molecule has 27 heavy (non-hydrogen) atoms. The molecule has 146 valence electrons. The normalized spacial score (nSPS) is 20.3. The largest absolute Gasteiger partial charge is 0.487 e. The molecule has 0 radical (unpaired) electrons. The van der Waals surface area contributed by atoms with Crippen molar-refractivity contribution in [2.24, 2.45) is 0 Å². The molecule has 6 nitrogen and oxygen atoms in total. The maximum atomic E-state index is 13.9. The average molecular weight is 389 g/mol. The van der Waals surface area contributed by atoms with E-state index in [4.69, 9.17) is 10.5 Å². The molecule has 1 aromatic carbocycles. The van der Waals surface area contributed by atoms with Gasteiger partial charge in [0.2, 0.25) is 5.95 Å². The number of aromatic nitrogens is 2. The first-order chi connectivity index (χ1) is 12.7. The highest BCUT2D eigenvalue weighted by Crippen LogP contribution is 2.39. The van der Waals surface area contributed by atoms with E-state index < -0.39 is 41.4 Å². The Morgan fingerprint density at radius 1 is 1.30 bits per heavy atom. The second-order valence-corrected chi connectivity index (χ2v) is 5.93. The van der Waals surface area contributed by atoms with Gasteiger partial charge < -0.3 is 21.1 Å². The Hall–Kier alpha value is -2.69. The van der Waals surface area contributed by atoms with Crippen LogP contribution in [0, 0.1) is 5.82 Å². The van der Waals surface area contributed by atoms with Crippen molar-refractivity contribution in [2.75, 3.05) is 24.1 Å². The molecular formula is C16H16F5N5O. The van der Waals surface area contributed by atoms with Gasteiger partial charge in [-0.15, -0.1) is 0 Å². The van der Waals surface area contributed by atoms with E-state index >= 15 is 0 Å². The first kappa shape index (κ1) is 19.1. The SMILES string of the molecule is Nc1nc(Nc2ccc(O[C@@H]3CCNC[C@H]3F)c(C(F)(F)F)c2)ncc1F. The van der Waals surface area contributed by atoms with Gasteiger partial charge in [-0.3, -0.25) is 0 Å². The van der Waals surface area contributed by atoms with Crippen LogP contribution in [-0.4, -0.2) is 35.3 Å². The van der Waals surface area contributed by atoms with Crippen LogP contribution in [0.1, 0.15) is 12.0 Å². The fraction of sp³-hybridized carbons (Fsp3) is 0.375. The molecule has 1 saturated heterocycles. The number of nitrogens with two attached hydrogens (primary N) is 1. The molecule has 1 aromatic heterocycles. The molecule has 11 heteroatoms. The van der Waals surface area contributed by atoms with Crippen molar-refractivity contribution in [3.05, 3.63) is 35.8 Å². The maximum Gasteiger partial charge on any atom is 0.420 e. The third-order valence-electron chi connectivity index (χ3n) is 3.94. The van der Waals surface area contributed by atoms with Crippen LogP contribution in [0.25, 0.3) is 0 Å². The number of halogens is 5. The highest BCUT2D eigenvalue weighted by atomic mass is 19.4. The lowest BCUT2D eigenvalue weighted by Crippen LogP contribution is -2.44. The second-order valence-electron chi connectivity index (χ2n) is 5.93. The number of anilines is 3. The van der Waals surface area contributed by atoms with Crippen molar-refractivity contribution < 1.29 is 26.7 Å². The smallest absolute Gasteiger partial charge is 0.420 e. The van der Waals surface area contributed by atoms with Crippen molar-refractivity contribution in [3.63, 3.8) is 0 Å². The van der Waals surface area contributed by atoms with E-state index in [0.717, 1.165) is 18.3 Å². The number of nitrogen functional groups attached to an aromatic ring is 1. The molecule has 1 aliphatic heterocycles. The Morgan fingerprint density at radius 3 is 2.74 bits per heavy atom. The van der Waals surface area contributed by atoms with Crippen molar-refractivity contribution in [1.29, 1.82) is 0 Å². The molecule has 3 rings (SSSR count). The summed E-state index contributed by atoms with van der Waals surface area (Å²) in [7, 11) is 0. The molecule has 0 aliphatic carbocycles. The van der Waals surface area contributed by atoms with E-state index in [0.29, 0.717) is 6.54 Å². The topological polar surface area (TPSA) is 85.1 Å². The summed E-state index contributed by atoms with van der Waals surface area (Å²) in [6.45, 7) is 0.477. The minimum absolute atomic E-state index is 0.0113. The number of ether oxygens (including phenoxy) is 1. The van der Waals surface area contributed by atoms with Crippen LogP contribution < -0.4 is 21.1 Å². The highest BCUT2D eigenvalue weighted by molar-refractivity contribution is 5.58. The van der Waals surface area contributed by atoms with Gasteiger partial charge in [-0.1, -0.05) is 0 Å². The Morgan fingerprint density at radius 2 is 2.07 bits per heavy atom. The molecule has 1 fully saturated rings. The van der Waals surface area contributed by atoms with E-state index in [9.17, 15) is 22.0 Å². The van der Waals surface area contributed by atoms with Gasteiger partial charge in [0.25, 0.3) is 0 Å². The lowest BCUT2D eigenvalue weighted by atomic mass is 10.1. The van der Waals surface area contributed by atoms with Crippen LogP contribution in [-0.2, 0) is 6.18 Å². The predicted octanol–water partition coefficient (Wildman–Crippen LogP) is 3.04. The molecule has 2 heterocycles. The third-order valence-corrected chi connectivity index (χ3v) is 3.94. The zero-order valence-corrected chi connectivity index (χ0v) is 13.9. The molecule has 0 unspecified atom stereocenters. The van der Waals surface area contributed by atoms with Gasteiger partial charge in [-0.25, -0.2) is 13.8 Å². The van der Waals surface area contributed by atoms with E-state index in [1.807, 2.05) is 0 Å². The van der Waals surface area contributed by atoms with E-state index in [1.165, 1.54) is 6.07 Å². The van der Waals surface area contributed by atoms with Crippen LogP contribution in [0.5, 0.6) is 5.75 Å². The Bertz CT molecular complexity index is 816. The maximum absolute atomic E-state index is 13.9. The molecule has 2 aromatic rings. The first-order valence-corrected chi connectivity index (χ1v) is 8.02. The monoisotopic (exact) mass is 389 g/mol. The van der Waals surface area contributed by atoms with Gasteiger partial charge >= 0.3 is 6.18 Å². The predicted molar refractivity (Wildman–Crippen MR) is 87.9 cm³/mol. The molecule has 0 bridgehead atoms. The molecule has 2 atom stereocenters. The number of nitrogens with zero attached hydrogens (tertiary/aromatic N) is 2. The summed E-state index contributed by atoms with van der Waals surface area (Å²) in [6.07, 6.45) is -6.06. The van der Waals surface area contributed by atoms with Crippen molar-refractivity contribution in [1.82, 2.24) is 15.3 Å². The standard InChI is InChI=1S/C16H16F5N5O/c17-10-6-23-4-3-13(10)27-12-2-1-8(5-9(12)16(19,20)21)25-15-24-7-11(18)14(22)26-15/h1-2,5,7,10,13,23H,3-4,6H2,(H3,22,24,25,26)/t10-,13-/m1/s1. The molecular weight excluding hydrogens is 373 g/mol. The fourth-order valence-electron chi connectivity index (χ4n) is 2.59. The van der Waals surface area contributed by atoms with Gasteiger partial charge in [0.1, 0.15) is 18.0 Å². The number of alkyl halides is 4. The van der Waals surface area contributed by atoms with Gasteiger partial charge in [0, 0.05) is 12.2 Å². The summed E-state index contributed by atoms with van der Waals surface area (Å²) in [5, 5.41) is 5.32. The number of hydrogen-bond acceptors (Lipinski definition) is 6.